The van der Waals surface area contributed by atoms with Crippen LogP contribution in [0.3, 0.4) is 0 Å². The fourth-order valence-corrected chi connectivity index (χ4v) is 2.76. The van der Waals surface area contributed by atoms with Gasteiger partial charge in [0.2, 0.25) is 0 Å². The summed E-state index contributed by atoms with van der Waals surface area (Å²) < 4.78 is 5.18. The first kappa shape index (κ1) is 16.0. The lowest BCUT2D eigenvalue weighted by atomic mass is 10.1. The van der Waals surface area contributed by atoms with Crippen molar-refractivity contribution in [1.29, 1.82) is 0 Å². The minimum atomic E-state index is -0.357. The molecule has 1 atom stereocenters. The van der Waals surface area contributed by atoms with Crippen LogP contribution in [-0.2, 0) is 9.53 Å². The van der Waals surface area contributed by atoms with Crippen LogP contribution >= 0.6 is 0 Å². The van der Waals surface area contributed by atoms with Crippen molar-refractivity contribution in [2.75, 3.05) is 32.8 Å². The number of esters is 1. The lowest BCUT2D eigenvalue weighted by Crippen LogP contribution is -2.32. The highest BCUT2D eigenvalue weighted by Crippen LogP contribution is 2.14. The highest BCUT2D eigenvalue weighted by atomic mass is 16.5. The molecule has 1 aliphatic rings. The van der Waals surface area contributed by atoms with Crippen molar-refractivity contribution in [3.8, 4) is 0 Å². The van der Waals surface area contributed by atoms with Crippen molar-refractivity contribution < 1.29 is 9.53 Å². The Bertz CT molecular complexity index is 416. The Morgan fingerprint density at radius 3 is 2.67 bits per heavy atom. The lowest BCUT2D eigenvalue weighted by Gasteiger charge is -2.19. The molecule has 0 bridgehead atoms. The molecule has 0 saturated carbocycles. The first-order valence-electron chi connectivity index (χ1n) is 7.98. The van der Waals surface area contributed by atoms with E-state index in [1.807, 2.05) is 37.3 Å². The summed E-state index contributed by atoms with van der Waals surface area (Å²) in [5.74, 6) is -0.190. The Morgan fingerprint density at radius 1 is 1.29 bits per heavy atom. The summed E-state index contributed by atoms with van der Waals surface area (Å²) >= 11 is 0. The Hall–Kier alpha value is -1.39. The summed E-state index contributed by atoms with van der Waals surface area (Å²) in [6, 6.07) is 9.44. The summed E-state index contributed by atoms with van der Waals surface area (Å²) in [7, 11) is 0. The zero-order valence-corrected chi connectivity index (χ0v) is 12.9. The first-order chi connectivity index (χ1) is 10.3. The predicted octanol–water partition coefficient (Wildman–Crippen LogP) is 2.37. The number of ether oxygens (including phenoxy) is 1. The van der Waals surface area contributed by atoms with Gasteiger partial charge in [0, 0.05) is 0 Å². The molecule has 21 heavy (non-hydrogen) atoms. The van der Waals surface area contributed by atoms with Gasteiger partial charge in [-0.25, -0.2) is 4.79 Å². The van der Waals surface area contributed by atoms with E-state index in [4.69, 9.17) is 4.74 Å². The molecule has 0 aliphatic carbocycles. The largest absolute Gasteiger partial charge is 0.465 e. The van der Waals surface area contributed by atoms with E-state index < -0.39 is 0 Å². The van der Waals surface area contributed by atoms with Gasteiger partial charge in [-0.05, 0) is 57.9 Å². The molecule has 116 valence electrons. The lowest BCUT2D eigenvalue weighted by molar-refractivity contribution is -0.145. The van der Waals surface area contributed by atoms with Crippen molar-refractivity contribution in [3.05, 3.63) is 35.9 Å². The number of hydrogen-bond acceptors (Lipinski definition) is 4. The molecule has 1 saturated heterocycles. The number of benzene rings is 1. The van der Waals surface area contributed by atoms with Gasteiger partial charge in [0.1, 0.15) is 6.04 Å². The van der Waals surface area contributed by atoms with Crippen molar-refractivity contribution >= 4 is 5.97 Å². The predicted molar refractivity (Wildman–Crippen MR) is 84.1 cm³/mol. The molecule has 4 heteroatoms. The third kappa shape index (κ3) is 5.14. The Kier molecular flexibility index (Phi) is 6.70. The van der Waals surface area contributed by atoms with Crippen LogP contribution in [0.1, 0.15) is 37.8 Å². The van der Waals surface area contributed by atoms with E-state index in [0.717, 1.165) is 25.1 Å². The van der Waals surface area contributed by atoms with Gasteiger partial charge in [0.25, 0.3) is 0 Å². The van der Waals surface area contributed by atoms with E-state index in [1.54, 1.807) is 0 Å². The fraction of sp³-hybridized carbons (Fsp3) is 0.588. The van der Waals surface area contributed by atoms with Crippen molar-refractivity contribution in [1.82, 2.24) is 10.2 Å². The van der Waals surface area contributed by atoms with E-state index in [-0.39, 0.29) is 12.0 Å². The molecule has 0 amide bonds. The summed E-state index contributed by atoms with van der Waals surface area (Å²) in [5, 5.41) is 3.34. The highest BCUT2D eigenvalue weighted by molar-refractivity contribution is 5.77. The zero-order valence-electron chi connectivity index (χ0n) is 12.9. The molecule has 1 N–H and O–H groups in total. The quantitative estimate of drug-likeness (QED) is 0.589. The second-order valence-corrected chi connectivity index (χ2v) is 5.45. The van der Waals surface area contributed by atoms with E-state index in [2.05, 4.69) is 10.2 Å². The van der Waals surface area contributed by atoms with Crippen LogP contribution in [0.5, 0.6) is 0 Å². The molecule has 4 nitrogen and oxygen atoms in total. The molecule has 1 heterocycles. The summed E-state index contributed by atoms with van der Waals surface area (Å²) in [5.41, 5.74) is 0.970. The number of nitrogens with zero attached hydrogens (tertiary/aromatic N) is 1. The SMILES string of the molecule is CCOC(=O)C(NCCCN1CCCC1)c1ccccc1. The van der Waals surface area contributed by atoms with Gasteiger partial charge in [-0.15, -0.1) is 0 Å². The van der Waals surface area contributed by atoms with E-state index in [1.165, 1.54) is 25.9 Å². The average Bonchev–Trinajstić information content (AvgIpc) is 3.01. The summed E-state index contributed by atoms with van der Waals surface area (Å²) in [4.78, 5) is 14.6. The van der Waals surface area contributed by atoms with Crippen LogP contribution in [0.25, 0.3) is 0 Å². The number of carbonyl (C=O) groups is 1. The van der Waals surface area contributed by atoms with Gasteiger partial charge in [0.15, 0.2) is 0 Å². The third-order valence-corrected chi connectivity index (χ3v) is 3.85. The van der Waals surface area contributed by atoms with Crippen LogP contribution in [0.15, 0.2) is 30.3 Å². The third-order valence-electron chi connectivity index (χ3n) is 3.85. The van der Waals surface area contributed by atoms with Gasteiger partial charge in [-0.1, -0.05) is 30.3 Å². The minimum Gasteiger partial charge on any atom is -0.465 e. The number of rotatable bonds is 8. The monoisotopic (exact) mass is 290 g/mol. The van der Waals surface area contributed by atoms with E-state index in [0.29, 0.717) is 6.61 Å². The molecule has 1 aromatic rings. The molecule has 1 unspecified atom stereocenters. The smallest absolute Gasteiger partial charge is 0.327 e. The van der Waals surface area contributed by atoms with Crippen LogP contribution in [-0.4, -0.2) is 43.7 Å². The van der Waals surface area contributed by atoms with Crippen LogP contribution in [0.4, 0.5) is 0 Å². The molecule has 0 aromatic heterocycles. The van der Waals surface area contributed by atoms with Crippen LogP contribution in [0, 0.1) is 0 Å². The van der Waals surface area contributed by atoms with Crippen molar-refractivity contribution in [2.45, 2.75) is 32.2 Å². The molecular weight excluding hydrogens is 264 g/mol. The standard InChI is InChI=1S/C17H26N2O2/c1-2-21-17(20)16(15-9-4-3-5-10-15)18-11-8-14-19-12-6-7-13-19/h3-5,9-10,16,18H,2,6-8,11-14H2,1H3. The second-order valence-electron chi connectivity index (χ2n) is 5.45. The molecule has 0 radical (unpaired) electrons. The van der Waals surface area contributed by atoms with Gasteiger partial charge in [0.05, 0.1) is 6.61 Å². The van der Waals surface area contributed by atoms with Gasteiger partial charge in [-0.3, -0.25) is 0 Å². The molecule has 2 rings (SSSR count). The average molecular weight is 290 g/mol. The van der Waals surface area contributed by atoms with Crippen molar-refractivity contribution in [2.24, 2.45) is 0 Å². The number of nitrogens with one attached hydrogen (secondary N) is 1. The minimum absolute atomic E-state index is 0.190. The van der Waals surface area contributed by atoms with Crippen LogP contribution in [0.2, 0.25) is 0 Å². The maximum atomic E-state index is 12.1. The number of hydrogen-bond donors (Lipinski definition) is 1. The van der Waals surface area contributed by atoms with Gasteiger partial charge < -0.3 is 15.0 Å². The van der Waals surface area contributed by atoms with Gasteiger partial charge >= 0.3 is 5.97 Å². The second kappa shape index (κ2) is 8.80. The Labute approximate surface area is 127 Å². The van der Waals surface area contributed by atoms with E-state index in [9.17, 15) is 4.79 Å². The molecule has 1 aromatic carbocycles. The molecular formula is C17H26N2O2. The summed E-state index contributed by atoms with van der Waals surface area (Å²) in [6.45, 7) is 6.64. The first-order valence-corrected chi connectivity index (χ1v) is 7.98. The fourth-order valence-electron chi connectivity index (χ4n) is 2.76. The number of carbonyl (C=O) groups excluding carboxylic acids is 1. The highest BCUT2D eigenvalue weighted by Gasteiger charge is 2.21. The topological polar surface area (TPSA) is 41.6 Å². The van der Waals surface area contributed by atoms with Crippen LogP contribution < -0.4 is 5.32 Å². The zero-order chi connectivity index (χ0) is 14.9. The molecule has 1 aliphatic heterocycles. The Morgan fingerprint density at radius 2 is 2.00 bits per heavy atom. The number of likely N-dealkylation sites (tertiary alicyclic amines) is 1. The maximum absolute atomic E-state index is 12.1. The normalized spacial score (nSPS) is 16.8. The molecule has 1 fully saturated rings. The summed E-state index contributed by atoms with van der Waals surface area (Å²) in [6.07, 6.45) is 3.70. The van der Waals surface area contributed by atoms with Crippen molar-refractivity contribution in [3.63, 3.8) is 0 Å². The maximum Gasteiger partial charge on any atom is 0.327 e. The van der Waals surface area contributed by atoms with E-state index >= 15 is 0 Å². The van der Waals surface area contributed by atoms with Gasteiger partial charge in [-0.2, -0.15) is 0 Å². The Balaban J connectivity index is 1.82. The molecule has 0 spiro atoms.